The lowest BCUT2D eigenvalue weighted by Crippen LogP contribution is -2.20. The highest BCUT2D eigenvalue weighted by Crippen LogP contribution is 2.28. The smallest absolute Gasteiger partial charge is 0.229 e. The van der Waals surface area contributed by atoms with Crippen LogP contribution in [0.2, 0.25) is 0 Å². The number of nitrogens with one attached hydrogen (secondary N) is 2. The average Bonchev–Trinajstić information content (AvgIpc) is 2.36. The van der Waals surface area contributed by atoms with Gasteiger partial charge in [-0.2, -0.15) is 0 Å². The molecule has 1 aromatic rings. The van der Waals surface area contributed by atoms with Crippen molar-refractivity contribution < 1.29 is 8.42 Å². The molecule has 0 saturated heterocycles. The lowest BCUT2D eigenvalue weighted by atomic mass is 9.83. The maximum atomic E-state index is 11.2. The number of sulfonamides is 1. The van der Waals surface area contributed by atoms with Gasteiger partial charge in [0.15, 0.2) is 0 Å². The molecule has 0 spiro atoms. The molecule has 1 fully saturated rings. The number of benzene rings is 1. The Morgan fingerprint density at radius 1 is 1.15 bits per heavy atom. The van der Waals surface area contributed by atoms with Crippen LogP contribution in [-0.2, 0) is 10.0 Å². The van der Waals surface area contributed by atoms with Crippen LogP contribution >= 0.6 is 0 Å². The molecule has 0 unspecified atom stereocenters. The van der Waals surface area contributed by atoms with Crippen LogP contribution in [-0.4, -0.2) is 21.2 Å². The first-order chi connectivity index (χ1) is 9.42. The van der Waals surface area contributed by atoms with Gasteiger partial charge in [-0.15, -0.1) is 0 Å². The summed E-state index contributed by atoms with van der Waals surface area (Å²) in [5, 5.41) is 3.42. The second-order valence-corrected chi connectivity index (χ2v) is 7.71. The van der Waals surface area contributed by atoms with Crippen LogP contribution in [0.3, 0.4) is 0 Å². The molecule has 4 nitrogen and oxygen atoms in total. The molecule has 0 heterocycles. The van der Waals surface area contributed by atoms with E-state index < -0.39 is 10.0 Å². The fourth-order valence-electron chi connectivity index (χ4n) is 2.70. The Morgan fingerprint density at radius 2 is 1.80 bits per heavy atom. The minimum atomic E-state index is -3.21. The highest BCUT2D eigenvalue weighted by atomic mass is 32.2. The molecule has 0 atom stereocenters. The molecule has 2 N–H and O–H groups in total. The van der Waals surface area contributed by atoms with Crippen molar-refractivity contribution in [1.29, 1.82) is 0 Å². The van der Waals surface area contributed by atoms with E-state index in [1.807, 2.05) is 18.2 Å². The van der Waals surface area contributed by atoms with Crippen molar-refractivity contribution >= 4 is 21.4 Å². The molecule has 0 amide bonds. The summed E-state index contributed by atoms with van der Waals surface area (Å²) in [4.78, 5) is 0. The Bertz CT molecular complexity index is 535. The Morgan fingerprint density at radius 3 is 2.45 bits per heavy atom. The third-order valence-corrected chi connectivity index (χ3v) is 4.50. The van der Waals surface area contributed by atoms with Gasteiger partial charge < -0.3 is 5.32 Å². The zero-order valence-electron chi connectivity index (χ0n) is 12.2. The molecule has 1 aliphatic carbocycles. The molecule has 0 radical (unpaired) electrons. The first-order valence-electron chi connectivity index (χ1n) is 7.24. The van der Waals surface area contributed by atoms with Crippen molar-refractivity contribution in [2.45, 2.75) is 32.6 Å². The van der Waals surface area contributed by atoms with Crippen molar-refractivity contribution in [2.75, 3.05) is 22.8 Å². The van der Waals surface area contributed by atoms with E-state index in [0.29, 0.717) is 5.69 Å². The highest BCUT2D eigenvalue weighted by molar-refractivity contribution is 7.92. The second-order valence-electron chi connectivity index (χ2n) is 5.96. The maximum Gasteiger partial charge on any atom is 0.229 e. The van der Waals surface area contributed by atoms with Gasteiger partial charge in [0.2, 0.25) is 10.0 Å². The summed E-state index contributed by atoms with van der Waals surface area (Å²) in [6.07, 6.45) is 6.38. The Hall–Kier alpha value is -1.23. The van der Waals surface area contributed by atoms with Crippen molar-refractivity contribution in [3.8, 4) is 0 Å². The second kappa shape index (κ2) is 6.48. The third kappa shape index (κ3) is 5.04. The summed E-state index contributed by atoms with van der Waals surface area (Å²) in [5.41, 5.74) is 1.58. The van der Waals surface area contributed by atoms with Gasteiger partial charge in [-0.1, -0.05) is 25.8 Å². The molecule has 1 aliphatic rings. The third-order valence-electron chi connectivity index (χ3n) is 3.90. The van der Waals surface area contributed by atoms with Crippen LogP contribution in [0.4, 0.5) is 11.4 Å². The van der Waals surface area contributed by atoms with E-state index in [9.17, 15) is 8.42 Å². The topological polar surface area (TPSA) is 58.2 Å². The fourth-order valence-corrected chi connectivity index (χ4v) is 3.26. The molecular formula is C15H24N2O2S. The van der Waals surface area contributed by atoms with Crippen molar-refractivity contribution in [2.24, 2.45) is 11.8 Å². The van der Waals surface area contributed by atoms with Crippen LogP contribution in [0, 0.1) is 11.8 Å². The summed E-state index contributed by atoms with van der Waals surface area (Å²) < 4.78 is 24.9. The maximum absolute atomic E-state index is 11.2. The fraction of sp³-hybridized carbons (Fsp3) is 0.600. The van der Waals surface area contributed by atoms with Gasteiger partial charge in [0.1, 0.15) is 0 Å². The molecule has 1 aromatic carbocycles. The predicted molar refractivity (Wildman–Crippen MR) is 84.5 cm³/mol. The molecule has 2 rings (SSSR count). The van der Waals surface area contributed by atoms with E-state index in [1.54, 1.807) is 6.07 Å². The number of hydrogen-bond acceptors (Lipinski definition) is 3. The van der Waals surface area contributed by atoms with Gasteiger partial charge in [0.05, 0.1) is 11.9 Å². The van der Waals surface area contributed by atoms with Crippen molar-refractivity contribution in [3.63, 3.8) is 0 Å². The van der Waals surface area contributed by atoms with Crippen LogP contribution < -0.4 is 10.0 Å². The summed E-state index contributed by atoms with van der Waals surface area (Å²) in [5.74, 6) is 1.60. The highest BCUT2D eigenvalue weighted by Gasteiger charge is 2.17. The minimum Gasteiger partial charge on any atom is -0.385 e. The van der Waals surface area contributed by atoms with Crippen molar-refractivity contribution in [3.05, 3.63) is 24.3 Å². The first kappa shape index (κ1) is 15.2. The normalized spacial score (nSPS) is 23.3. The van der Waals surface area contributed by atoms with Gasteiger partial charge in [-0.25, -0.2) is 8.42 Å². The quantitative estimate of drug-likeness (QED) is 0.876. The van der Waals surface area contributed by atoms with Crippen LogP contribution in [0.15, 0.2) is 24.3 Å². The summed E-state index contributed by atoms with van der Waals surface area (Å²) in [7, 11) is -3.21. The SMILES string of the molecule is CC1CCC(CNc2cccc(NS(C)(=O)=O)c2)CC1. The molecule has 5 heteroatoms. The van der Waals surface area contributed by atoms with Crippen LogP contribution in [0.5, 0.6) is 0 Å². The minimum absolute atomic E-state index is 0.606. The van der Waals surface area contributed by atoms with Gasteiger partial charge in [-0.05, 0) is 42.9 Å². The summed E-state index contributed by atoms with van der Waals surface area (Å²) >= 11 is 0. The predicted octanol–water partition coefficient (Wildman–Crippen LogP) is 3.30. The Balaban J connectivity index is 1.88. The molecule has 0 aliphatic heterocycles. The Kier molecular flexibility index (Phi) is 4.91. The lowest BCUT2D eigenvalue weighted by Gasteiger charge is -2.26. The van der Waals surface area contributed by atoms with Gasteiger partial charge >= 0.3 is 0 Å². The first-order valence-corrected chi connectivity index (χ1v) is 9.13. The Labute approximate surface area is 122 Å². The average molecular weight is 296 g/mol. The van der Waals surface area contributed by atoms with E-state index in [4.69, 9.17) is 0 Å². The van der Waals surface area contributed by atoms with Crippen molar-refractivity contribution in [1.82, 2.24) is 0 Å². The molecule has 0 aromatic heterocycles. The van der Waals surface area contributed by atoms with Gasteiger partial charge in [-0.3, -0.25) is 4.72 Å². The number of anilines is 2. The molecular weight excluding hydrogens is 272 g/mol. The van der Waals surface area contributed by atoms with E-state index in [2.05, 4.69) is 17.0 Å². The van der Waals surface area contributed by atoms with Gasteiger partial charge in [0.25, 0.3) is 0 Å². The largest absolute Gasteiger partial charge is 0.385 e. The van der Waals surface area contributed by atoms with E-state index in [-0.39, 0.29) is 0 Å². The molecule has 112 valence electrons. The standard InChI is InChI=1S/C15H24N2O2S/c1-12-6-8-13(9-7-12)11-16-14-4-3-5-15(10-14)17-20(2,18)19/h3-5,10,12-13,16-17H,6-9,11H2,1-2H3. The van der Waals surface area contributed by atoms with E-state index >= 15 is 0 Å². The van der Waals surface area contributed by atoms with Crippen LogP contribution in [0.25, 0.3) is 0 Å². The summed E-state index contributed by atoms with van der Waals surface area (Å²) in [6, 6.07) is 7.43. The zero-order valence-corrected chi connectivity index (χ0v) is 13.0. The number of rotatable bonds is 5. The van der Waals surface area contributed by atoms with Crippen LogP contribution in [0.1, 0.15) is 32.6 Å². The lowest BCUT2D eigenvalue weighted by molar-refractivity contribution is 0.300. The van der Waals surface area contributed by atoms with E-state index in [1.165, 1.54) is 25.7 Å². The van der Waals surface area contributed by atoms with E-state index in [0.717, 1.165) is 30.3 Å². The summed E-state index contributed by atoms with van der Waals surface area (Å²) in [6.45, 7) is 3.29. The molecule has 0 bridgehead atoms. The molecule has 20 heavy (non-hydrogen) atoms. The van der Waals surface area contributed by atoms with Gasteiger partial charge in [0, 0.05) is 12.2 Å². The monoisotopic (exact) mass is 296 g/mol. The number of hydrogen-bond donors (Lipinski definition) is 2. The zero-order chi connectivity index (χ0) is 14.6. The molecule has 1 saturated carbocycles.